The van der Waals surface area contributed by atoms with Crippen molar-refractivity contribution in [1.29, 1.82) is 0 Å². The van der Waals surface area contributed by atoms with Crippen LogP contribution < -0.4 is 5.32 Å². The molecule has 0 heterocycles. The van der Waals surface area contributed by atoms with E-state index >= 15 is 0 Å². The number of nitrogens with one attached hydrogen (secondary N) is 1. The molecule has 0 radical (unpaired) electrons. The second-order valence-electron chi connectivity index (χ2n) is 4.33. The molecule has 0 saturated heterocycles. The van der Waals surface area contributed by atoms with E-state index in [9.17, 15) is 8.78 Å². The van der Waals surface area contributed by atoms with Crippen LogP contribution in [0.15, 0.2) is 22.7 Å². The third-order valence-electron chi connectivity index (χ3n) is 3.02. The standard InChI is InChI=1S/C12H14BrF2NO/c13-9-2-3-10-8(5-9)1-4-11(10)16-6-12(14,15)7-17/h2-3,5,11,16-17H,1,4,6-7H2. The number of rotatable bonds is 4. The van der Waals surface area contributed by atoms with E-state index in [-0.39, 0.29) is 6.04 Å². The highest BCUT2D eigenvalue weighted by atomic mass is 79.9. The van der Waals surface area contributed by atoms with Crippen molar-refractivity contribution in [3.63, 3.8) is 0 Å². The Kier molecular flexibility index (Phi) is 3.80. The van der Waals surface area contributed by atoms with Crippen LogP contribution in [0.3, 0.4) is 0 Å². The fraction of sp³-hybridized carbons (Fsp3) is 0.500. The van der Waals surface area contributed by atoms with Gasteiger partial charge in [0.15, 0.2) is 0 Å². The van der Waals surface area contributed by atoms with Crippen LogP contribution >= 0.6 is 15.9 Å². The van der Waals surface area contributed by atoms with Gasteiger partial charge in [-0.15, -0.1) is 0 Å². The SMILES string of the molecule is OCC(F)(F)CNC1CCc2cc(Br)ccc21. The number of aryl methyl sites for hydroxylation is 1. The van der Waals surface area contributed by atoms with E-state index in [4.69, 9.17) is 5.11 Å². The molecule has 2 rings (SSSR count). The fourth-order valence-corrected chi connectivity index (χ4v) is 2.54. The zero-order valence-corrected chi connectivity index (χ0v) is 10.8. The molecule has 1 aromatic rings. The molecule has 0 fully saturated rings. The van der Waals surface area contributed by atoms with E-state index in [1.165, 1.54) is 5.56 Å². The Hall–Kier alpha value is -0.520. The van der Waals surface area contributed by atoms with Crippen LogP contribution in [0, 0.1) is 0 Å². The molecule has 0 aliphatic heterocycles. The summed E-state index contributed by atoms with van der Waals surface area (Å²) in [5, 5.41) is 11.3. The quantitative estimate of drug-likeness (QED) is 0.896. The van der Waals surface area contributed by atoms with Crippen molar-refractivity contribution in [2.75, 3.05) is 13.2 Å². The molecule has 0 saturated carbocycles. The average Bonchev–Trinajstić information content (AvgIpc) is 2.69. The first-order valence-corrected chi connectivity index (χ1v) is 6.31. The molecule has 1 unspecified atom stereocenters. The molecule has 1 atom stereocenters. The lowest BCUT2D eigenvalue weighted by molar-refractivity contribution is -0.0493. The monoisotopic (exact) mass is 305 g/mol. The van der Waals surface area contributed by atoms with Crippen LogP contribution in [-0.4, -0.2) is 24.2 Å². The number of alkyl halides is 2. The van der Waals surface area contributed by atoms with Crippen LogP contribution in [0.4, 0.5) is 8.78 Å². The number of aliphatic hydroxyl groups excluding tert-OH is 1. The van der Waals surface area contributed by atoms with Crippen molar-refractivity contribution in [3.05, 3.63) is 33.8 Å². The Morgan fingerprint density at radius 1 is 1.47 bits per heavy atom. The smallest absolute Gasteiger partial charge is 0.282 e. The molecular weight excluding hydrogens is 292 g/mol. The first-order chi connectivity index (χ1) is 8.02. The summed E-state index contributed by atoms with van der Waals surface area (Å²) in [5.41, 5.74) is 2.28. The van der Waals surface area contributed by atoms with Gasteiger partial charge < -0.3 is 10.4 Å². The maximum Gasteiger partial charge on any atom is 0.282 e. The van der Waals surface area contributed by atoms with Crippen molar-refractivity contribution in [1.82, 2.24) is 5.32 Å². The topological polar surface area (TPSA) is 32.3 Å². The first-order valence-electron chi connectivity index (χ1n) is 5.52. The molecule has 2 nitrogen and oxygen atoms in total. The highest BCUT2D eigenvalue weighted by Crippen LogP contribution is 2.33. The molecule has 17 heavy (non-hydrogen) atoms. The lowest BCUT2D eigenvalue weighted by Gasteiger charge is -2.19. The van der Waals surface area contributed by atoms with E-state index in [2.05, 4.69) is 21.2 Å². The van der Waals surface area contributed by atoms with Gasteiger partial charge in [0.2, 0.25) is 0 Å². The summed E-state index contributed by atoms with van der Waals surface area (Å²) < 4.78 is 26.9. The van der Waals surface area contributed by atoms with Crippen molar-refractivity contribution >= 4 is 15.9 Å². The third kappa shape index (κ3) is 3.03. The fourth-order valence-electron chi connectivity index (χ4n) is 2.13. The molecule has 1 aliphatic carbocycles. The highest BCUT2D eigenvalue weighted by Gasteiger charge is 2.30. The maximum atomic E-state index is 12.9. The van der Waals surface area contributed by atoms with Gasteiger partial charge in [-0.1, -0.05) is 22.0 Å². The summed E-state index contributed by atoms with van der Waals surface area (Å²) in [4.78, 5) is 0. The van der Waals surface area contributed by atoms with Gasteiger partial charge in [0, 0.05) is 10.5 Å². The lowest BCUT2D eigenvalue weighted by Crippen LogP contribution is -2.37. The average molecular weight is 306 g/mol. The highest BCUT2D eigenvalue weighted by molar-refractivity contribution is 9.10. The van der Waals surface area contributed by atoms with Crippen LogP contribution in [0.5, 0.6) is 0 Å². The zero-order valence-electron chi connectivity index (χ0n) is 9.22. The molecule has 1 aliphatic rings. The molecule has 0 bridgehead atoms. The third-order valence-corrected chi connectivity index (χ3v) is 3.51. The molecular formula is C12H14BrF2NO. The van der Waals surface area contributed by atoms with Crippen LogP contribution in [0.1, 0.15) is 23.6 Å². The van der Waals surface area contributed by atoms with Gasteiger partial charge in [-0.3, -0.25) is 0 Å². The number of hydrogen-bond acceptors (Lipinski definition) is 2. The second kappa shape index (κ2) is 5.00. The minimum Gasteiger partial charge on any atom is -0.390 e. The van der Waals surface area contributed by atoms with Crippen molar-refractivity contribution in [2.45, 2.75) is 24.8 Å². The van der Waals surface area contributed by atoms with E-state index in [0.717, 1.165) is 22.9 Å². The van der Waals surface area contributed by atoms with E-state index < -0.39 is 19.1 Å². The summed E-state index contributed by atoms with van der Waals surface area (Å²) in [6, 6.07) is 5.88. The largest absolute Gasteiger partial charge is 0.390 e. The van der Waals surface area contributed by atoms with Gasteiger partial charge in [0.05, 0.1) is 6.54 Å². The van der Waals surface area contributed by atoms with Gasteiger partial charge in [-0.25, -0.2) is 8.78 Å². The Morgan fingerprint density at radius 2 is 2.24 bits per heavy atom. The van der Waals surface area contributed by atoms with Crippen LogP contribution in [-0.2, 0) is 6.42 Å². The number of hydrogen-bond donors (Lipinski definition) is 2. The first kappa shape index (κ1) is 12.9. The lowest BCUT2D eigenvalue weighted by atomic mass is 10.1. The predicted octanol–water partition coefficient (Wildman–Crippen LogP) is 2.65. The van der Waals surface area contributed by atoms with Gasteiger partial charge in [0.1, 0.15) is 6.61 Å². The van der Waals surface area contributed by atoms with Gasteiger partial charge in [-0.2, -0.15) is 0 Å². The molecule has 5 heteroatoms. The summed E-state index contributed by atoms with van der Waals surface area (Å²) in [7, 11) is 0. The van der Waals surface area contributed by atoms with E-state index in [0.29, 0.717) is 0 Å². The Labute approximate surface area is 107 Å². The molecule has 0 aromatic heterocycles. The summed E-state index contributed by atoms with van der Waals surface area (Å²) in [6.45, 7) is -1.59. The van der Waals surface area contributed by atoms with Crippen molar-refractivity contribution < 1.29 is 13.9 Å². The summed E-state index contributed by atoms with van der Waals surface area (Å²) >= 11 is 3.39. The summed E-state index contributed by atoms with van der Waals surface area (Å²) in [6.07, 6.45) is 1.73. The predicted molar refractivity (Wildman–Crippen MR) is 65.2 cm³/mol. The molecule has 94 valence electrons. The Balaban J connectivity index is 2.03. The summed E-state index contributed by atoms with van der Waals surface area (Å²) in [5.74, 6) is -3.04. The van der Waals surface area contributed by atoms with Gasteiger partial charge in [0.25, 0.3) is 5.92 Å². The minimum absolute atomic E-state index is 0.0319. The number of aliphatic hydroxyl groups is 1. The molecule has 0 spiro atoms. The van der Waals surface area contributed by atoms with Crippen molar-refractivity contribution in [2.24, 2.45) is 0 Å². The van der Waals surface area contributed by atoms with Crippen LogP contribution in [0.2, 0.25) is 0 Å². The Bertz CT molecular complexity index is 411. The van der Waals surface area contributed by atoms with Gasteiger partial charge >= 0.3 is 0 Å². The number of halogens is 3. The second-order valence-corrected chi connectivity index (χ2v) is 5.25. The molecule has 2 N–H and O–H groups in total. The molecule has 0 amide bonds. The Morgan fingerprint density at radius 3 is 2.94 bits per heavy atom. The van der Waals surface area contributed by atoms with E-state index in [1.807, 2.05) is 18.2 Å². The van der Waals surface area contributed by atoms with Crippen LogP contribution in [0.25, 0.3) is 0 Å². The minimum atomic E-state index is -3.04. The van der Waals surface area contributed by atoms with Crippen molar-refractivity contribution in [3.8, 4) is 0 Å². The number of benzene rings is 1. The maximum absolute atomic E-state index is 12.9. The van der Waals surface area contributed by atoms with E-state index in [1.54, 1.807) is 0 Å². The normalized spacial score (nSPS) is 19.4. The van der Waals surface area contributed by atoms with Gasteiger partial charge in [-0.05, 0) is 36.1 Å². The number of fused-ring (bicyclic) bond motifs is 1. The molecule has 1 aromatic carbocycles. The zero-order chi connectivity index (χ0) is 12.5.